The number of carboxylic acids is 1. The Morgan fingerprint density at radius 3 is 2.17 bits per heavy atom. The Bertz CT molecular complexity index is 1080. The van der Waals surface area contributed by atoms with Gasteiger partial charge >= 0.3 is 18.2 Å². The van der Waals surface area contributed by atoms with Crippen molar-refractivity contribution < 1.29 is 32.7 Å². The number of hydrogen-bond donors (Lipinski definition) is 1. The number of rotatable bonds is 1. The van der Waals surface area contributed by atoms with Gasteiger partial charge in [-0.05, 0) is 25.0 Å². The lowest BCUT2D eigenvalue weighted by Crippen LogP contribution is -2.55. The second-order valence-corrected chi connectivity index (χ2v) is 8.82. The molecule has 10 nitrogen and oxygen atoms in total. The molecule has 4 rings (SSSR count). The molecule has 190 valence electrons. The van der Waals surface area contributed by atoms with Gasteiger partial charge in [-0.25, -0.2) is 9.59 Å². The predicted molar refractivity (Wildman–Crippen MR) is 117 cm³/mol. The number of alkyl halides is 3. The Labute approximate surface area is 199 Å². The molecule has 0 radical (unpaired) electrons. The molecule has 0 saturated carbocycles. The molecule has 0 aliphatic carbocycles. The molecular formula is C22H27F3N6O4. The van der Waals surface area contributed by atoms with E-state index in [2.05, 4.69) is 4.98 Å². The lowest BCUT2D eigenvalue weighted by atomic mass is 9.72. The highest BCUT2D eigenvalue weighted by Gasteiger charge is 2.46. The van der Waals surface area contributed by atoms with E-state index in [1.54, 1.807) is 43.5 Å². The third-order valence-electron chi connectivity index (χ3n) is 6.09. The van der Waals surface area contributed by atoms with Crippen LogP contribution in [0, 0.1) is 0 Å². The zero-order valence-electron chi connectivity index (χ0n) is 19.6. The van der Waals surface area contributed by atoms with Crippen LogP contribution in [0.5, 0.6) is 0 Å². The molecule has 13 heteroatoms. The van der Waals surface area contributed by atoms with Gasteiger partial charge in [-0.3, -0.25) is 14.5 Å². The molecule has 1 spiro atoms. The number of carbonyl (C=O) groups is 3. The number of pyridine rings is 1. The van der Waals surface area contributed by atoms with Crippen LogP contribution >= 0.6 is 0 Å². The van der Waals surface area contributed by atoms with Crippen molar-refractivity contribution in [2.75, 3.05) is 33.7 Å². The summed E-state index contributed by atoms with van der Waals surface area (Å²) < 4.78 is 33.6. The maximum absolute atomic E-state index is 13.1. The fourth-order valence-electron chi connectivity index (χ4n) is 4.43. The summed E-state index contributed by atoms with van der Waals surface area (Å²) >= 11 is 0. The highest BCUT2D eigenvalue weighted by molar-refractivity contribution is 5.94. The summed E-state index contributed by atoms with van der Waals surface area (Å²) in [4.78, 5) is 43.8. The summed E-state index contributed by atoms with van der Waals surface area (Å²) in [6, 6.07) is 3.55. The number of aryl methyl sites for hydroxylation is 1. The quantitative estimate of drug-likeness (QED) is 0.648. The first-order chi connectivity index (χ1) is 16.3. The van der Waals surface area contributed by atoms with Crippen molar-refractivity contribution in [2.24, 2.45) is 7.05 Å². The Hall–Kier alpha value is -3.64. The number of aromatic nitrogens is 3. The molecule has 0 bridgehead atoms. The zero-order chi connectivity index (χ0) is 26.0. The molecule has 0 atom stereocenters. The summed E-state index contributed by atoms with van der Waals surface area (Å²) in [7, 11) is 5.48. The summed E-state index contributed by atoms with van der Waals surface area (Å²) in [5, 5.41) is 11.9. The number of hydrogen-bond acceptors (Lipinski definition) is 5. The first-order valence-corrected chi connectivity index (χ1v) is 10.8. The van der Waals surface area contributed by atoms with Gasteiger partial charge < -0.3 is 19.8 Å². The third-order valence-corrected chi connectivity index (χ3v) is 6.09. The van der Waals surface area contributed by atoms with Crippen molar-refractivity contribution in [1.29, 1.82) is 0 Å². The van der Waals surface area contributed by atoms with Crippen molar-refractivity contribution in [3.8, 4) is 0 Å². The Morgan fingerprint density at radius 2 is 1.66 bits per heavy atom. The minimum absolute atomic E-state index is 0.0167. The topological polar surface area (TPSA) is 112 Å². The van der Waals surface area contributed by atoms with Gasteiger partial charge in [0.15, 0.2) is 0 Å². The minimum Gasteiger partial charge on any atom is -0.475 e. The van der Waals surface area contributed by atoms with E-state index >= 15 is 0 Å². The van der Waals surface area contributed by atoms with Crippen LogP contribution in [0.4, 0.5) is 18.0 Å². The van der Waals surface area contributed by atoms with Gasteiger partial charge in [0.25, 0.3) is 5.91 Å². The van der Waals surface area contributed by atoms with Crippen molar-refractivity contribution in [1.82, 2.24) is 29.5 Å². The summed E-state index contributed by atoms with van der Waals surface area (Å²) in [5.41, 5.74) is 2.63. The van der Waals surface area contributed by atoms with Crippen molar-refractivity contribution in [3.05, 3.63) is 47.5 Å². The van der Waals surface area contributed by atoms with Gasteiger partial charge in [0.05, 0.1) is 5.69 Å². The fourth-order valence-corrected chi connectivity index (χ4v) is 4.43. The van der Waals surface area contributed by atoms with Gasteiger partial charge in [0.1, 0.15) is 0 Å². The van der Waals surface area contributed by atoms with Crippen LogP contribution in [-0.4, -0.2) is 92.4 Å². The highest BCUT2D eigenvalue weighted by Crippen LogP contribution is 2.41. The number of piperidine rings is 1. The van der Waals surface area contributed by atoms with Gasteiger partial charge in [0, 0.05) is 82.5 Å². The summed E-state index contributed by atoms with van der Waals surface area (Å²) in [5.74, 6) is -2.74. The molecular weight excluding hydrogens is 469 g/mol. The summed E-state index contributed by atoms with van der Waals surface area (Å²) in [6.45, 7) is 2.53. The molecule has 2 aromatic heterocycles. The average molecular weight is 496 g/mol. The van der Waals surface area contributed by atoms with Crippen molar-refractivity contribution in [3.63, 3.8) is 0 Å². The summed E-state index contributed by atoms with van der Waals surface area (Å²) in [6.07, 6.45) is 1.83. The number of amides is 3. The standard InChI is InChI=1S/C20H26N6O2.C2HF3O2/c1-23(2)19(28)25-10-6-20(7-11-25)14-26(13-16-12-24(3)22-17(16)20)18(27)15-4-8-21-9-5-15;3-2(4,5)1(6)7/h4-5,8-9,12H,6-7,10-11,13-14H2,1-3H3;(H,6,7). The number of carbonyl (C=O) groups excluding carboxylic acids is 2. The Kier molecular flexibility index (Phi) is 7.36. The molecule has 0 aromatic carbocycles. The van der Waals surface area contributed by atoms with Gasteiger partial charge in [-0.2, -0.15) is 18.3 Å². The number of nitrogens with zero attached hydrogens (tertiary/aromatic N) is 6. The predicted octanol–water partition coefficient (Wildman–Crippen LogP) is 2.12. The fraction of sp³-hybridized carbons (Fsp3) is 0.500. The largest absolute Gasteiger partial charge is 0.490 e. The normalized spacial score (nSPS) is 16.7. The zero-order valence-corrected chi connectivity index (χ0v) is 19.6. The minimum atomic E-state index is -5.08. The molecule has 0 unspecified atom stereocenters. The maximum atomic E-state index is 13.1. The van der Waals surface area contributed by atoms with Gasteiger partial charge in [-0.1, -0.05) is 0 Å². The Morgan fingerprint density at radius 1 is 1.09 bits per heavy atom. The van der Waals surface area contributed by atoms with Gasteiger partial charge in [-0.15, -0.1) is 0 Å². The number of urea groups is 1. The molecule has 1 fully saturated rings. The SMILES string of the molecule is CN(C)C(=O)N1CCC2(CC1)CN(C(=O)c1ccncc1)Cc1cn(C)nc12.O=C(O)C(F)(F)F. The van der Waals surface area contributed by atoms with Crippen molar-refractivity contribution >= 4 is 17.9 Å². The van der Waals surface area contributed by atoms with E-state index in [1.165, 1.54) is 0 Å². The number of fused-ring (bicyclic) bond motifs is 2. The van der Waals surface area contributed by atoms with Gasteiger partial charge in [0.2, 0.25) is 0 Å². The van der Waals surface area contributed by atoms with Crippen molar-refractivity contribution in [2.45, 2.75) is 31.0 Å². The van der Waals surface area contributed by atoms with Crippen LogP contribution in [0.3, 0.4) is 0 Å². The van der Waals surface area contributed by atoms with E-state index in [0.29, 0.717) is 31.7 Å². The van der Waals surface area contributed by atoms with E-state index < -0.39 is 12.1 Å². The lowest BCUT2D eigenvalue weighted by Gasteiger charge is -2.46. The molecule has 35 heavy (non-hydrogen) atoms. The molecule has 3 amide bonds. The average Bonchev–Trinajstić information content (AvgIpc) is 3.20. The van der Waals surface area contributed by atoms with E-state index in [0.717, 1.165) is 24.1 Å². The monoisotopic (exact) mass is 496 g/mol. The van der Waals surface area contributed by atoms with E-state index in [1.807, 2.05) is 27.7 Å². The first kappa shape index (κ1) is 26.0. The molecule has 2 aliphatic heterocycles. The van der Waals surface area contributed by atoms with Crippen LogP contribution in [0.25, 0.3) is 0 Å². The van der Waals surface area contributed by atoms with Crippen LogP contribution < -0.4 is 0 Å². The van der Waals surface area contributed by atoms with E-state index in [-0.39, 0.29) is 17.4 Å². The number of likely N-dealkylation sites (tertiary alicyclic amines) is 1. The molecule has 2 aliphatic rings. The molecule has 2 aromatic rings. The smallest absolute Gasteiger partial charge is 0.475 e. The second-order valence-electron chi connectivity index (χ2n) is 8.82. The number of aliphatic carboxylic acids is 1. The van der Waals surface area contributed by atoms with Crippen LogP contribution in [0.1, 0.15) is 34.5 Å². The maximum Gasteiger partial charge on any atom is 0.490 e. The van der Waals surface area contributed by atoms with E-state index in [9.17, 15) is 22.8 Å². The van der Waals surface area contributed by atoms with Crippen LogP contribution in [-0.2, 0) is 23.8 Å². The van der Waals surface area contributed by atoms with Crippen LogP contribution in [0.2, 0.25) is 0 Å². The van der Waals surface area contributed by atoms with E-state index in [4.69, 9.17) is 15.0 Å². The Balaban J connectivity index is 0.000000429. The molecule has 4 heterocycles. The number of carboxylic acid groups (broad SMARTS) is 1. The number of halogens is 3. The molecule has 1 saturated heterocycles. The molecule has 1 N–H and O–H groups in total. The highest BCUT2D eigenvalue weighted by atomic mass is 19.4. The lowest BCUT2D eigenvalue weighted by molar-refractivity contribution is -0.192. The third kappa shape index (κ3) is 5.72. The second kappa shape index (κ2) is 9.92. The first-order valence-electron chi connectivity index (χ1n) is 10.8. The van der Waals surface area contributed by atoms with Crippen LogP contribution in [0.15, 0.2) is 30.7 Å².